The molecule has 0 bridgehead atoms. The van der Waals surface area contributed by atoms with Gasteiger partial charge in [0, 0.05) is 26.8 Å². The summed E-state index contributed by atoms with van der Waals surface area (Å²) in [5, 5.41) is 0. The number of hydrogen-bond acceptors (Lipinski definition) is 4. The minimum Gasteiger partial charge on any atom is -0.490 e. The van der Waals surface area contributed by atoms with E-state index in [1.54, 1.807) is 24.1 Å². The Bertz CT molecular complexity index is 496. The molecule has 1 unspecified atom stereocenters. The van der Waals surface area contributed by atoms with Gasteiger partial charge in [-0.3, -0.25) is 4.79 Å². The summed E-state index contributed by atoms with van der Waals surface area (Å²) >= 11 is 0. The first-order valence-electron chi connectivity index (χ1n) is 6.79. The largest absolute Gasteiger partial charge is 0.490 e. The predicted octanol–water partition coefficient (Wildman–Crippen LogP) is 1.47. The van der Waals surface area contributed by atoms with Gasteiger partial charge in [0.1, 0.15) is 30.4 Å². The minimum absolute atomic E-state index is 0.0601. The van der Waals surface area contributed by atoms with Crippen molar-refractivity contribution in [3.05, 3.63) is 30.1 Å². The molecule has 21 heavy (non-hydrogen) atoms. The maximum Gasteiger partial charge on any atom is 0.248 e. The lowest BCUT2D eigenvalue weighted by atomic mass is 10.0. The second kappa shape index (κ2) is 6.87. The summed E-state index contributed by atoms with van der Waals surface area (Å²) in [6.45, 7) is 1.37. The van der Waals surface area contributed by atoms with Gasteiger partial charge < -0.3 is 19.1 Å². The van der Waals surface area contributed by atoms with Crippen LogP contribution in [0, 0.1) is 5.82 Å². The SMILES string of the molecule is COCC(=O)N1CCC(COc2cccc(F)c2)(OC)C1. The Balaban J connectivity index is 1.95. The maximum atomic E-state index is 13.1. The summed E-state index contributed by atoms with van der Waals surface area (Å²) in [6, 6.07) is 5.97. The minimum atomic E-state index is -0.560. The van der Waals surface area contributed by atoms with Crippen molar-refractivity contribution in [2.75, 3.05) is 40.5 Å². The van der Waals surface area contributed by atoms with Crippen LogP contribution in [0.15, 0.2) is 24.3 Å². The summed E-state index contributed by atoms with van der Waals surface area (Å²) in [7, 11) is 3.09. The third-order valence-electron chi connectivity index (χ3n) is 3.67. The molecule has 0 aromatic heterocycles. The van der Waals surface area contributed by atoms with Crippen LogP contribution in [-0.4, -0.2) is 56.9 Å². The number of benzene rings is 1. The van der Waals surface area contributed by atoms with Gasteiger partial charge in [0.05, 0.1) is 6.54 Å². The Hall–Kier alpha value is -1.66. The normalized spacial score (nSPS) is 21.6. The number of carbonyl (C=O) groups is 1. The van der Waals surface area contributed by atoms with Crippen molar-refractivity contribution >= 4 is 5.91 Å². The van der Waals surface area contributed by atoms with E-state index < -0.39 is 5.60 Å². The Morgan fingerprint density at radius 2 is 2.24 bits per heavy atom. The van der Waals surface area contributed by atoms with E-state index in [1.165, 1.54) is 19.2 Å². The zero-order valence-electron chi connectivity index (χ0n) is 12.3. The van der Waals surface area contributed by atoms with E-state index in [-0.39, 0.29) is 24.9 Å². The van der Waals surface area contributed by atoms with Crippen molar-refractivity contribution in [1.82, 2.24) is 4.90 Å². The van der Waals surface area contributed by atoms with Crippen LogP contribution in [0.5, 0.6) is 5.75 Å². The Kier molecular flexibility index (Phi) is 5.14. The monoisotopic (exact) mass is 297 g/mol. The fourth-order valence-corrected chi connectivity index (χ4v) is 2.39. The van der Waals surface area contributed by atoms with E-state index in [9.17, 15) is 9.18 Å². The topological polar surface area (TPSA) is 48.0 Å². The average Bonchev–Trinajstić information content (AvgIpc) is 2.91. The zero-order valence-corrected chi connectivity index (χ0v) is 12.3. The van der Waals surface area contributed by atoms with Crippen molar-refractivity contribution < 1.29 is 23.4 Å². The number of amides is 1. The number of halogens is 1. The van der Waals surface area contributed by atoms with E-state index in [4.69, 9.17) is 14.2 Å². The molecule has 1 atom stereocenters. The van der Waals surface area contributed by atoms with Crippen LogP contribution in [0.4, 0.5) is 4.39 Å². The Morgan fingerprint density at radius 3 is 2.90 bits per heavy atom. The maximum absolute atomic E-state index is 13.1. The average molecular weight is 297 g/mol. The summed E-state index contributed by atoms with van der Waals surface area (Å²) in [5.41, 5.74) is -0.560. The van der Waals surface area contributed by atoms with Crippen LogP contribution in [0.2, 0.25) is 0 Å². The molecule has 5 nitrogen and oxygen atoms in total. The van der Waals surface area contributed by atoms with Crippen molar-refractivity contribution in [3.8, 4) is 5.75 Å². The highest BCUT2D eigenvalue weighted by Gasteiger charge is 2.41. The van der Waals surface area contributed by atoms with Crippen molar-refractivity contribution in [2.24, 2.45) is 0 Å². The number of carbonyl (C=O) groups excluding carboxylic acids is 1. The molecule has 2 rings (SSSR count). The number of ether oxygens (including phenoxy) is 3. The second-order valence-electron chi connectivity index (χ2n) is 5.13. The van der Waals surface area contributed by atoms with E-state index in [2.05, 4.69) is 0 Å². The van der Waals surface area contributed by atoms with Crippen LogP contribution in [-0.2, 0) is 14.3 Å². The van der Waals surface area contributed by atoms with Crippen molar-refractivity contribution in [1.29, 1.82) is 0 Å². The summed E-state index contributed by atoms with van der Waals surface area (Å²) < 4.78 is 29.1. The van der Waals surface area contributed by atoms with Gasteiger partial charge in [0.2, 0.25) is 5.91 Å². The summed E-state index contributed by atoms with van der Waals surface area (Å²) in [4.78, 5) is 13.5. The molecule has 6 heteroatoms. The van der Waals surface area contributed by atoms with Gasteiger partial charge in [0.15, 0.2) is 0 Å². The van der Waals surface area contributed by atoms with Crippen molar-refractivity contribution in [3.63, 3.8) is 0 Å². The van der Waals surface area contributed by atoms with Gasteiger partial charge in [-0.05, 0) is 18.6 Å². The molecule has 0 saturated carbocycles. The van der Waals surface area contributed by atoms with Crippen LogP contribution in [0.1, 0.15) is 6.42 Å². The molecule has 1 aliphatic rings. The highest BCUT2D eigenvalue weighted by molar-refractivity contribution is 5.77. The quantitative estimate of drug-likeness (QED) is 0.798. The molecule has 0 radical (unpaired) electrons. The van der Waals surface area contributed by atoms with Gasteiger partial charge >= 0.3 is 0 Å². The number of hydrogen-bond donors (Lipinski definition) is 0. The van der Waals surface area contributed by atoms with Crippen LogP contribution < -0.4 is 4.74 Å². The molecule has 0 aliphatic carbocycles. The first-order chi connectivity index (χ1) is 10.1. The Labute approximate surface area is 123 Å². The molecular weight excluding hydrogens is 277 g/mol. The molecule has 1 heterocycles. The standard InChI is InChI=1S/C15H20FNO4/c1-19-9-14(18)17-7-6-15(10-17,20-2)11-21-13-5-3-4-12(16)8-13/h3-5,8H,6-7,9-11H2,1-2H3. The third kappa shape index (κ3) is 3.92. The van der Waals surface area contributed by atoms with Gasteiger partial charge in [-0.1, -0.05) is 6.07 Å². The lowest BCUT2D eigenvalue weighted by Crippen LogP contribution is -2.43. The van der Waals surface area contributed by atoms with Crippen LogP contribution in [0.25, 0.3) is 0 Å². The van der Waals surface area contributed by atoms with E-state index in [1.807, 2.05) is 0 Å². The van der Waals surface area contributed by atoms with E-state index in [0.717, 1.165) is 0 Å². The van der Waals surface area contributed by atoms with Gasteiger partial charge in [-0.2, -0.15) is 0 Å². The first-order valence-corrected chi connectivity index (χ1v) is 6.79. The fourth-order valence-electron chi connectivity index (χ4n) is 2.39. The zero-order chi connectivity index (χ0) is 15.3. The number of nitrogens with zero attached hydrogens (tertiary/aromatic N) is 1. The van der Waals surface area contributed by atoms with Gasteiger partial charge in [0.25, 0.3) is 0 Å². The fraction of sp³-hybridized carbons (Fsp3) is 0.533. The molecule has 1 amide bonds. The van der Waals surface area contributed by atoms with E-state index in [0.29, 0.717) is 25.3 Å². The predicted molar refractivity (Wildman–Crippen MR) is 74.7 cm³/mol. The smallest absolute Gasteiger partial charge is 0.248 e. The summed E-state index contributed by atoms with van der Waals surface area (Å²) in [5.74, 6) is 0.0394. The van der Waals surface area contributed by atoms with Crippen molar-refractivity contribution in [2.45, 2.75) is 12.0 Å². The lowest BCUT2D eigenvalue weighted by Gasteiger charge is -2.27. The van der Waals surface area contributed by atoms with Crippen LogP contribution in [0.3, 0.4) is 0 Å². The number of methoxy groups -OCH3 is 2. The van der Waals surface area contributed by atoms with Crippen LogP contribution >= 0.6 is 0 Å². The second-order valence-corrected chi connectivity index (χ2v) is 5.13. The molecule has 0 spiro atoms. The van der Waals surface area contributed by atoms with E-state index >= 15 is 0 Å². The molecule has 1 aromatic carbocycles. The number of likely N-dealkylation sites (tertiary alicyclic amines) is 1. The summed E-state index contributed by atoms with van der Waals surface area (Å²) in [6.07, 6.45) is 0.675. The first kappa shape index (κ1) is 15.7. The molecular formula is C15H20FNO4. The Morgan fingerprint density at radius 1 is 1.43 bits per heavy atom. The molecule has 1 aliphatic heterocycles. The molecule has 0 N–H and O–H groups in total. The molecule has 116 valence electrons. The lowest BCUT2D eigenvalue weighted by molar-refractivity contribution is -0.135. The molecule has 1 fully saturated rings. The third-order valence-corrected chi connectivity index (χ3v) is 3.67. The number of rotatable bonds is 6. The van der Waals surface area contributed by atoms with Gasteiger partial charge in [-0.15, -0.1) is 0 Å². The van der Waals surface area contributed by atoms with Gasteiger partial charge in [-0.25, -0.2) is 4.39 Å². The molecule has 1 saturated heterocycles. The highest BCUT2D eigenvalue weighted by Crippen LogP contribution is 2.26. The highest BCUT2D eigenvalue weighted by atomic mass is 19.1. The molecule has 1 aromatic rings.